The fraction of sp³-hybridized carbons (Fsp3) is 0.176. The molecule has 0 aliphatic carbocycles. The smallest absolute Gasteiger partial charge is 0.255 e. The lowest BCUT2D eigenvalue weighted by Gasteiger charge is -2.23. The number of nitrogens with zero attached hydrogens (tertiary/aromatic N) is 1. The highest BCUT2D eigenvalue weighted by Crippen LogP contribution is 2.33. The molecule has 0 aliphatic heterocycles. The molecule has 9 N–H and O–H groups in total. The summed E-state index contributed by atoms with van der Waals surface area (Å²) in [6, 6.07) is 36.1. The summed E-state index contributed by atoms with van der Waals surface area (Å²) in [7, 11) is 4.24. The van der Waals surface area contributed by atoms with Crippen molar-refractivity contribution in [3.8, 4) is 50.6 Å². The molecule has 16 heteroatoms. The average Bonchev–Trinajstić information content (AvgIpc) is 3.36. The van der Waals surface area contributed by atoms with Gasteiger partial charge in [0, 0.05) is 60.4 Å². The molecule has 6 aromatic rings. The molecule has 344 valence electrons. The first-order valence-electron chi connectivity index (χ1n) is 21.4. The van der Waals surface area contributed by atoms with Gasteiger partial charge in [-0.15, -0.1) is 0 Å². The van der Waals surface area contributed by atoms with Crippen LogP contribution in [0.5, 0.6) is 17.2 Å². The van der Waals surface area contributed by atoms with E-state index in [0.29, 0.717) is 33.4 Å². The number of amides is 6. The third-order valence-corrected chi connectivity index (χ3v) is 10.9. The third kappa shape index (κ3) is 11.6. The third-order valence-electron chi connectivity index (χ3n) is 10.9. The summed E-state index contributed by atoms with van der Waals surface area (Å²) in [6.45, 7) is 0.500. The minimum absolute atomic E-state index is 0.00976. The van der Waals surface area contributed by atoms with Crippen LogP contribution >= 0.6 is 0 Å². The van der Waals surface area contributed by atoms with Crippen molar-refractivity contribution in [3.05, 3.63) is 161 Å². The van der Waals surface area contributed by atoms with E-state index in [1.54, 1.807) is 36.4 Å². The van der Waals surface area contributed by atoms with Gasteiger partial charge in [-0.2, -0.15) is 0 Å². The van der Waals surface area contributed by atoms with Gasteiger partial charge in [0.25, 0.3) is 35.4 Å². The lowest BCUT2D eigenvalue weighted by Crippen LogP contribution is -2.43. The Morgan fingerprint density at radius 1 is 0.358 bits per heavy atom. The van der Waals surface area contributed by atoms with Gasteiger partial charge in [0.1, 0.15) is 17.2 Å². The average molecular weight is 906 g/mol. The van der Waals surface area contributed by atoms with Crippen molar-refractivity contribution in [2.75, 3.05) is 60.4 Å². The van der Waals surface area contributed by atoms with Crippen molar-refractivity contribution >= 4 is 35.4 Å². The van der Waals surface area contributed by atoms with Crippen LogP contribution in [0.2, 0.25) is 0 Å². The minimum atomic E-state index is -0.664. The summed E-state index contributed by atoms with van der Waals surface area (Å²) >= 11 is 0. The van der Waals surface area contributed by atoms with Crippen molar-refractivity contribution in [2.24, 2.45) is 0 Å². The highest BCUT2D eigenvalue weighted by atomic mass is 16.3. The summed E-state index contributed by atoms with van der Waals surface area (Å²) in [6.07, 6.45) is 0. The molecule has 67 heavy (non-hydrogen) atoms. The number of rotatable bonds is 18. The van der Waals surface area contributed by atoms with Gasteiger partial charge in [0.2, 0.25) is 0 Å². The van der Waals surface area contributed by atoms with E-state index in [2.05, 4.69) is 31.9 Å². The number of nitrogens with one attached hydrogen (secondary N) is 6. The molecule has 0 atom stereocenters. The minimum Gasteiger partial charge on any atom is -0.506 e. The SMILES string of the molecule is CNC(=O)c1cc(-c2ccccc2)cc(C(=O)NCCN(CCNC(=O)c2cc(-c3ccccc3)cc(C(=O)NC)c2O)CCNC(=O)c2cc(-c3ccccc3)cc(C(=O)NC)c2O)c1O. The lowest BCUT2D eigenvalue weighted by atomic mass is 9.97. The first-order valence-corrected chi connectivity index (χ1v) is 21.4. The van der Waals surface area contributed by atoms with E-state index in [1.807, 2.05) is 59.5 Å². The van der Waals surface area contributed by atoms with Crippen LogP contribution in [0.3, 0.4) is 0 Å². The Morgan fingerprint density at radius 3 is 0.806 bits per heavy atom. The first kappa shape index (κ1) is 48.0. The van der Waals surface area contributed by atoms with E-state index in [9.17, 15) is 44.1 Å². The highest BCUT2D eigenvalue weighted by Gasteiger charge is 2.24. The second kappa shape index (κ2) is 22.4. The van der Waals surface area contributed by atoms with Crippen molar-refractivity contribution in [2.45, 2.75) is 0 Å². The Bertz CT molecular complexity index is 2480. The summed E-state index contributed by atoms with van der Waals surface area (Å²) in [5, 5.41) is 49.1. The number of phenolic OH excluding ortho intramolecular Hbond substituents is 3. The van der Waals surface area contributed by atoms with Crippen LogP contribution in [0.25, 0.3) is 33.4 Å². The number of carbonyl (C=O) groups is 6. The second-order valence-corrected chi connectivity index (χ2v) is 15.2. The van der Waals surface area contributed by atoms with Gasteiger partial charge in [-0.05, 0) is 69.8 Å². The molecular weight excluding hydrogens is 855 g/mol. The lowest BCUT2D eigenvalue weighted by molar-refractivity contribution is 0.0937. The van der Waals surface area contributed by atoms with E-state index in [0.717, 1.165) is 0 Å². The largest absolute Gasteiger partial charge is 0.506 e. The highest BCUT2D eigenvalue weighted by molar-refractivity contribution is 6.07. The van der Waals surface area contributed by atoms with Crippen LogP contribution in [0.1, 0.15) is 62.1 Å². The van der Waals surface area contributed by atoms with Crippen LogP contribution in [-0.2, 0) is 0 Å². The fourth-order valence-electron chi connectivity index (χ4n) is 7.34. The molecule has 6 aromatic carbocycles. The van der Waals surface area contributed by atoms with E-state index >= 15 is 0 Å². The molecule has 0 aliphatic rings. The second-order valence-electron chi connectivity index (χ2n) is 15.2. The number of hydrogen-bond donors (Lipinski definition) is 9. The molecule has 0 bridgehead atoms. The standard InChI is InChI=1S/C51H51N7O9/c1-52-46(62)37-25-34(31-13-7-4-8-14-31)28-40(43(37)59)49(65)55-19-22-58(23-20-56-50(66)41-29-35(32-15-9-5-10-16-32)26-38(44(41)60)47(63)53-2)24-21-57-51(67)42-30-36(33-17-11-6-12-18-33)27-39(45(42)61)48(64)54-3/h4-18,25-30,59-61H,19-24H2,1-3H3,(H,52,62)(H,53,63)(H,54,64)(H,55,65)(H,56,66)(H,57,67). The molecule has 0 saturated carbocycles. The Kier molecular flexibility index (Phi) is 16.0. The molecule has 0 aromatic heterocycles. The zero-order chi connectivity index (χ0) is 48.0. The van der Waals surface area contributed by atoms with E-state index < -0.39 is 52.7 Å². The predicted octanol–water partition coefficient (Wildman–Crippen LogP) is 4.78. The Morgan fingerprint density at radius 2 is 0.582 bits per heavy atom. The molecule has 16 nitrogen and oxygen atoms in total. The van der Waals surface area contributed by atoms with Gasteiger partial charge >= 0.3 is 0 Å². The monoisotopic (exact) mass is 905 g/mol. The van der Waals surface area contributed by atoms with Crippen molar-refractivity contribution in [3.63, 3.8) is 0 Å². The van der Waals surface area contributed by atoms with Gasteiger partial charge in [-0.3, -0.25) is 33.7 Å². The van der Waals surface area contributed by atoms with E-state index in [4.69, 9.17) is 0 Å². The van der Waals surface area contributed by atoms with Gasteiger partial charge in [0.05, 0.1) is 33.4 Å². The molecule has 0 unspecified atom stereocenters. The normalized spacial score (nSPS) is 10.7. The maximum absolute atomic E-state index is 13.7. The molecule has 0 fully saturated rings. The van der Waals surface area contributed by atoms with Crippen LogP contribution < -0.4 is 31.9 Å². The Balaban J connectivity index is 1.21. The zero-order valence-electron chi connectivity index (χ0n) is 37.1. The summed E-state index contributed by atoms with van der Waals surface area (Å²) < 4.78 is 0. The maximum atomic E-state index is 13.7. The molecule has 0 saturated heterocycles. The Labute approximate surface area is 387 Å². The Hall–Kier alpha value is -8.50. The van der Waals surface area contributed by atoms with E-state index in [1.165, 1.54) is 57.5 Å². The maximum Gasteiger partial charge on any atom is 0.255 e. The molecular formula is C51H51N7O9. The van der Waals surface area contributed by atoms with Gasteiger partial charge in [0.15, 0.2) is 0 Å². The molecule has 0 spiro atoms. The number of phenols is 3. The predicted molar refractivity (Wildman–Crippen MR) is 254 cm³/mol. The number of carbonyl (C=O) groups excluding carboxylic acids is 6. The topological polar surface area (TPSA) is 239 Å². The molecule has 0 heterocycles. The number of hydrogen-bond acceptors (Lipinski definition) is 10. The zero-order valence-corrected chi connectivity index (χ0v) is 37.1. The van der Waals surface area contributed by atoms with Crippen LogP contribution in [0, 0.1) is 0 Å². The van der Waals surface area contributed by atoms with Gasteiger partial charge in [-0.1, -0.05) is 91.0 Å². The van der Waals surface area contributed by atoms with E-state index in [-0.39, 0.29) is 72.6 Å². The quantitative estimate of drug-likeness (QED) is 0.0573. The van der Waals surface area contributed by atoms with Gasteiger partial charge < -0.3 is 47.2 Å². The van der Waals surface area contributed by atoms with Crippen LogP contribution in [0.4, 0.5) is 0 Å². The number of aromatic hydroxyl groups is 3. The molecule has 6 amide bonds. The van der Waals surface area contributed by atoms with Crippen LogP contribution in [0.15, 0.2) is 127 Å². The van der Waals surface area contributed by atoms with Crippen molar-refractivity contribution in [1.29, 1.82) is 0 Å². The van der Waals surface area contributed by atoms with Crippen LogP contribution in [-0.4, -0.2) is 116 Å². The summed E-state index contributed by atoms with van der Waals surface area (Å²) in [4.78, 5) is 81.2. The summed E-state index contributed by atoms with van der Waals surface area (Å²) in [5.41, 5.74) is 3.07. The molecule has 0 radical (unpaired) electrons. The first-order chi connectivity index (χ1) is 32.3. The fourth-order valence-corrected chi connectivity index (χ4v) is 7.34. The molecule has 6 rings (SSSR count). The number of benzene rings is 6. The summed E-state index contributed by atoms with van der Waals surface area (Å²) in [5.74, 6) is -5.26. The van der Waals surface area contributed by atoms with Gasteiger partial charge in [-0.25, -0.2) is 0 Å². The van der Waals surface area contributed by atoms with Crippen molar-refractivity contribution in [1.82, 2.24) is 36.8 Å². The van der Waals surface area contributed by atoms with Crippen molar-refractivity contribution < 1.29 is 44.1 Å².